The van der Waals surface area contributed by atoms with E-state index in [0.29, 0.717) is 23.0 Å². The Morgan fingerprint density at radius 2 is 2.04 bits per heavy atom. The molecule has 2 fully saturated rings. The third-order valence-corrected chi connectivity index (χ3v) is 5.31. The number of nitrogens with one attached hydrogen (secondary N) is 2. The van der Waals surface area contributed by atoms with E-state index in [1.54, 1.807) is 19.9 Å². The Kier molecular flexibility index (Phi) is 4.26. The molecule has 1 aliphatic carbocycles. The van der Waals surface area contributed by atoms with Gasteiger partial charge in [-0.3, -0.25) is 14.6 Å². The number of aryl methyl sites for hydroxylation is 2. The number of anilines is 1. The lowest BCUT2D eigenvalue weighted by Gasteiger charge is -2.35. The molecule has 4 rings (SSSR count). The zero-order chi connectivity index (χ0) is 18.3. The Morgan fingerprint density at radius 3 is 2.69 bits per heavy atom. The van der Waals surface area contributed by atoms with Gasteiger partial charge in [-0.2, -0.15) is 0 Å². The second kappa shape index (κ2) is 6.59. The van der Waals surface area contributed by atoms with Crippen molar-refractivity contribution >= 4 is 11.9 Å². The van der Waals surface area contributed by atoms with E-state index in [9.17, 15) is 9.59 Å². The molecule has 1 aliphatic heterocycles. The SMILES string of the molecule is Cc1noc(C)c1C(=O)NC1CC(c2cc(=O)[nH]c(N3CCCC3)n2)C1. The summed E-state index contributed by atoms with van der Waals surface area (Å²) < 4.78 is 5.05. The maximum atomic E-state index is 12.4. The molecule has 2 aromatic heterocycles. The second-order valence-electron chi connectivity index (χ2n) is 7.23. The van der Waals surface area contributed by atoms with E-state index >= 15 is 0 Å². The largest absolute Gasteiger partial charge is 0.361 e. The first-order valence-corrected chi connectivity index (χ1v) is 9.11. The van der Waals surface area contributed by atoms with Crippen LogP contribution >= 0.6 is 0 Å². The Morgan fingerprint density at radius 1 is 1.31 bits per heavy atom. The van der Waals surface area contributed by atoms with Gasteiger partial charge in [0.15, 0.2) is 0 Å². The predicted octanol–water partition coefficient (Wildman–Crippen LogP) is 1.65. The van der Waals surface area contributed by atoms with Crippen molar-refractivity contribution in [2.24, 2.45) is 0 Å². The molecule has 8 heteroatoms. The molecule has 1 amide bonds. The van der Waals surface area contributed by atoms with Gasteiger partial charge in [0.05, 0.1) is 11.4 Å². The molecular weight excluding hydrogens is 334 g/mol. The molecule has 138 valence electrons. The summed E-state index contributed by atoms with van der Waals surface area (Å²) in [7, 11) is 0. The molecule has 8 nitrogen and oxygen atoms in total. The first kappa shape index (κ1) is 16.8. The quantitative estimate of drug-likeness (QED) is 0.862. The first-order valence-electron chi connectivity index (χ1n) is 9.11. The Bertz CT molecular complexity index is 856. The Labute approximate surface area is 151 Å². The van der Waals surface area contributed by atoms with Crippen molar-refractivity contribution in [3.63, 3.8) is 0 Å². The van der Waals surface area contributed by atoms with E-state index in [1.807, 2.05) is 0 Å². The topological polar surface area (TPSA) is 104 Å². The number of hydrogen-bond donors (Lipinski definition) is 2. The van der Waals surface area contributed by atoms with Crippen molar-refractivity contribution < 1.29 is 9.32 Å². The number of aromatic amines is 1. The van der Waals surface area contributed by atoms with E-state index in [-0.39, 0.29) is 23.4 Å². The molecule has 0 atom stereocenters. The lowest BCUT2D eigenvalue weighted by molar-refractivity contribution is 0.0906. The van der Waals surface area contributed by atoms with Crippen LogP contribution in [0.15, 0.2) is 15.4 Å². The number of aromatic nitrogens is 3. The number of amides is 1. The number of carbonyl (C=O) groups excluding carboxylic acids is 1. The lowest BCUT2D eigenvalue weighted by Crippen LogP contribution is -2.44. The molecule has 2 aliphatic rings. The average Bonchev–Trinajstić information content (AvgIpc) is 3.20. The molecule has 2 aromatic rings. The summed E-state index contributed by atoms with van der Waals surface area (Å²) in [5.41, 5.74) is 1.82. The molecule has 2 N–H and O–H groups in total. The highest BCUT2D eigenvalue weighted by Gasteiger charge is 2.34. The van der Waals surface area contributed by atoms with Crippen LogP contribution in [-0.4, -0.2) is 40.2 Å². The molecule has 0 radical (unpaired) electrons. The molecule has 0 bridgehead atoms. The van der Waals surface area contributed by atoms with Gasteiger partial charge in [0.25, 0.3) is 11.5 Å². The number of hydrogen-bond acceptors (Lipinski definition) is 6. The molecule has 1 saturated carbocycles. The van der Waals surface area contributed by atoms with Crippen LogP contribution in [-0.2, 0) is 0 Å². The smallest absolute Gasteiger partial charge is 0.257 e. The fourth-order valence-corrected chi connectivity index (χ4v) is 3.79. The maximum absolute atomic E-state index is 12.4. The number of H-pyrrole nitrogens is 1. The van der Waals surface area contributed by atoms with Gasteiger partial charge in [-0.1, -0.05) is 5.16 Å². The van der Waals surface area contributed by atoms with Crippen LogP contribution in [0.1, 0.15) is 59.1 Å². The standard InChI is InChI=1S/C18H23N5O3/c1-10-16(11(2)26-22-10)17(25)19-13-7-12(8-13)14-9-15(24)21-18(20-14)23-5-3-4-6-23/h9,12-13H,3-8H2,1-2H3,(H,19,25)(H,20,21,24). The van der Waals surface area contributed by atoms with Crippen LogP contribution in [0.25, 0.3) is 0 Å². The minimum Gasteiger partial charge on any atom is -0.361 e. The van der Waals surface area contributed by atoms with Gasteiger partial charge < -0.3 is 14.7 Å². The van der Waals surface area contributed by atoms with Crippen LogP contribution in [0.2, 0.25) is 0 Å². The van der Waals surface area contributed by atoms with Crippen LogP contribution in [0.4, 0.5) is 5.95 Å². The zero-order valence-electron chi connectivity index (χ0n) is 15.0. The maximum Gasteiger partial charge on any atom is 0.257 e. The summed E-state index contributed by atoms with van der Waals surface area (Å²) in [6.45, 7) is 5.37. The molecule has 3 heterocycles. The van der Waals surface area contributed by atoms with Crippen molar-refractivity contribution in [3.05, 3.63) is 39.1 Å². The monoisotopic (exact) mass is 357 g/mol. The third kappa shape index (κ3) is 3.11. The molecule has 26 heavy (non-hydrogen) atoms. The fourth-order valence-electron chi connectivity index (χ4n) is 3.79. The number of carbonyl (C=O) groups is 1. The van der Waals surface area contributed by atoms with Gasteiger partial charge in [0.1, 0.15) is 11.3 Å². The first-order chi connectivity index (χ1) is 12.5. The van der Waals surface area contributed by atoms with Crippen LogP contribution < -0.4 is 15.8 Å². The fraction of sp³-hybridized carbons (Fsp3) is 0.556. The van der Waals surface area contributed by atoms with Gasteiger partial charge in [-0.25, -0.2) is 4.98 Å². The molecule has 0 spiro atoms. The predicted molar refractivity (Wildman–Crippen MR) is 95.5 cm³/mol. The van der Waals surface area contributed by atoms with Crippen molar-refractivity contribution in [2.45, 2.75) is 51.5 Å². The third-order valence-electron chi connectivity index (χ3n) is 5.31. The second-order valence-corrected chi connectivity index (χ2v) is 7.23. The van der Waals surface area contributed by atoms with E-state index in [0.717, 1.165) is 44.5 Å². The summed E-state index contributed by atoms with van der Waals surface area (Å²) in [5.74, 6) is 1.26. The minimum absolute atomic E-state index is 0.0810. The van der Waals surface area contributed by atoms with Gasteiger partial charge in [-0.15, -0.1) is 0 Å². The van der Waals surface area contributed by atoms with E-state index in [1.165, 1.54) is 0 Å². The zero-order valence-corrected chi connectivity index (χ0v) is 15.0. The van der Waals surface area contributed by atoms with Gasteiger partial charge in [-0.05, 0) is 39.5 Å². The van der Waals surface area contributed by atoms with E-state index in [4.69, 9.17) is 4.52 Å². The van der Waals surface area contributed by atoms with Crippen molar-refractivity contribution in [2.75, 3.05) is 18.0 Å². The van der Waals surface area contributed by atoms with Gasteiger partial charge in [0.2, 0.25) is 5.95 Å². The molecule has 1 saturated heterocycles. The lowest BCUT2D eigenvalue weighted by atomic mass is 9.78. The Hall–Kier alpha value is -2.64. The summed E-state index contributed by atoms with van der Waals surface area (Å²) >= 11 is 0. The van der Waals surface area contributed by atoms with Crippen molar-refractivity contribution in [3.8, 4) is 0 Å². The molecule has 0 unspecified atom stereocenters. The van der Waals surface area contributed by atoms with Crippen molar-refractivity contribution in [1.82, 2.24) is 20.4 Å². The molecule has 0 aromatic carbocycles. The van der Waals surface area contributed by atoms with E-state index in [2.05, 4.69) is 25.3 Å². The highest BCUT2D eigenvalue weighted by atomic mass is 16.5. The molecular formula is C18H23N5O3. The van der Waals surface area contributed by atoms with Crippen LogP contribution in [0, 0.1) is 13.8 Å². The summed E-state index contributed by atoms with van der Waals surface area (Å²) in [4.78, 5) is 34.0. The summed E-state index contributed by atoms with van der Waals surface area (Å²) in [6, 6.07) is 1.66. The minimum atomic E-state index is -0.152. The highest BCUT2D eigenvalue weighted by Crippen LogP contribution is 2.36. The van der Waals surface area contributed by atoms with Crippen LogP contribution in [0.3, 0.4) is 0 Å². The van der Waals surface area contributed by atoms with Gasteiger partial charge >= 0.3 is 0 Å². The van der Waals surface area contributed by atoms with Gasteiger partial charge in [0, 0.05) is 31.1 Å². The summed E-state index contributed by atoms with van der Waals surface area (Å²) in [6.07, 6.45) is 3.83. The summed E-state index contributed by atoms with van der Waals surface area (Å²) in [5, 5.41) is 6.84. The van der Waals surface area contributed by atoms with E-state index < -0.39 is 0 Å². The average molecular weight is 357 g/mol. The number of rotatable bonds is 4. The number of nitrogens with zero attached hydrogens (tertiary/aromatic N) is 3. The van der Waals surface area contributed by atoms with Crippen LogP contribution in [0.5, 0.6) is 0 Å². The Balaban J connectivity index is 1.40. The van der Waals surface area contributed by atoms with Crippen molar-refractivity contribution in [1.29, 1.82) is 0 Å². The highest BCUT2D eigenvalue weighted by molar-refractivity contribution is 5.96. The normalized spacial score (nSPS) is 22.3.